The van der Waals surface area contributed by atoms with Gasteiger partial charge in [-0.1, -0.05) is 31.2 Å². The van der Waals surface area contributed by atoms with Gasteiger partial charge in [-0.2, -0.15) is 5.10 Å². The third-order valence-corrected chi connectivity index (χ3v) is 4.72. The zero-order valence-corrected chi connectivity index (χ0v) is 16.0. The lowest BCUT2D eigenvalue weighted by molar-refractivity contribution is -0.385. The Bertz CT molecular complexity index is 778. The molecule has 27 heavy (non-hydrogen) atoms. The lowest BCUT2D eigenvalue weighted by Crippen LogP contribution is -2.48. The van der Waals surface area contributed by atoms with E-state index in [1.54, 1.807) is 0 Å². The summed E-state index contributed by atoms with van der Waals surface area (Å²) in [5, 5.41) is 18.0. The largest absolute Gasteiger partial charge is 0.333 e. The Hall–Kier alpha value is -2.45. The van der Waals surface area contributed by atoms with Crippen LogP contribution in [0, 0.1) is 10.1 Å². The van der Waals surface area contributed by atoms with Gasteiger partial charge in [0.05, 0.1) is 11.0 Å². The van der Waals surface area contributed by atoms with Crippen molar-refractivity contribution < 1.29 is 9.72 Å². The molecule has 3 rings (SSSR count). The second-order valence-electron chi connectivity index (χ2n) is 6.37. The van der Waals surface area contributed by atoms with Crippen LogP contribution in [0.5, 0.6) is 0 Å². The molecule has 1 aliphatic rings. The monoisotopic (exact) mass is 393 g/mol. The molecule has 1 saturated heterocycles. The summed E-state index contributed by atoms with van der Waals surface area (Å²) in [7, 11) is 0. The molecule has 8 nitrogen and oxygen atoms in total. The SMILES string of the molecule is CCc1ccc(C2CNCCN2C(=O)CCn2cc([N+](=O)[O-])cn2)cc1.Cl. The molecule has 9 heteroatoms. The lowest BCUT2D eigenvalue weighted by Gasteiger charge is -2.36. The summed E-state index contributed by atoms with van der Waals surface area (Å²) in [4.78, 5) is 24.9. The number of aryl methyl sites for hydroxylation is 2. The van der Waals surface area contributed by atoms with Crippen LogP contribution in [0.3, 0.4) is 0 Å². The second kappa shape index (κ2) is 9.48. The van der Waals surface area contributed by atoms with Gasteiger partial charge in [-0.15, -0.1) is 12.4 Å². The average Bonchev–Trinajstić information content (AvgIpc) is 3.15. The van der Waals surface area contributed by atoms with Crippen LogP contribution in [-0.2, 0) is 17.8 Å². The lowest BCUT2D eigenvalue weighted by atomic mass is 10.0. The Balaban J connectivity index is 0.00000261. The van der Waals surface area contributed by atoms with Crippen LogP contribution in [0.15, 0.2) is 36.7 Å². The highest BCUT2D eigenvalue weighted by molar-refractivity contribution is 5.85. The minimum atomic E-state index is -0.488. The molecule has 1 unspecified atom stereocenters. The fraction of sp³-hybridized carbons (Fsp3) is 0.444. The zero-order chi connectivity index (χ0) is 18.5. The molecule has 1 N–H and O–H groups in total. The summed E-state index contributed by atoms with van der Waals surface area (Å²) in [5.41, 5.74) is 2.33. The van der Waals surface area contributed by atoms with Crippen molar-refractivity contribution in [2.75, 3.05) is 19.6 Å². The first-order valence-corrected chi connectivity index (χ1v) is 8.84. The first-order valence-electron chi connectivity index (χ1n) is 8.84. The molecule has 146 valence electrons. The smallest absolute Gasteiger partial charge is 0.306 e. The minimum Gasteiger partial charge on any atom is -0.333 e. The van der Waals surface area contributed by atoms with E-state index in [0.29, 0.717) is 13.1 Å². The van der Waals surface area contributed by atoms with Gasteiger partial charge in [0.1, 0.15) is 12.4 Å². The van der Waals surface area contributed by atoms with Crippen LogP contribution in [0.25, 0.3) is 0 Å². The van der Waals surface area contributed by atoms with Crippen molar-refractivity contribution in [3.05, 3.63) is 57.9 Å². The normalized spacial score (nSPS) is 16.6. The van der Waals surface area contributed by atoms with Crippen LogP contribution >= 0.6 is 12.4 Å². The van der Waals surface area contributed by atoms with Crippen LogP contribution in [0.4, 0.5) is 5.69 Å². The first kappa shape index (κ1) is 20.9. The average molecular weight is 394 g/mol. The van der Waals surface area contributed by atoms with Gasteiger partial charge in [0.2, 0.25) is 5.91 Å². The number of rotatable bonds is 6. The van der Waals surface area contributed by atoms with Gasteiger partial charge >= 0.3 is 5.69 Å². The van der Waals surface area contributed by atoms with Crippen molar-refractivity contribution in [3.8, 4) is 0 Å². The fourth-order valence-corrected chi connectivity index (χ4v) is 3.20. The van der Waals surface area contributed by atoms with Crippen molar-refractivity contribution >= 4 is 24.0 Å². The second-order valence-corrected chi connectivity index (χ2v) is 6.37. The number of amides is 1. The molecule has 1 amide bonds. The van der Waals surface area contributed by atoms with Gasteiger partial charge in [0.15, 0.2) is 0 Å². The zero-order valence-electron chi connectivity index (χ0n) is 15.2. The number of nitrogens with one attached hydrogen (secondary N) is 1. The summed E-state index contributed by atoms with van der Waals surface area (Å²) < 4.78 is 1.45. The third-order valence-electron chi connectivity index (χ3n) is 4.72. The maximum atomic E-state index is 12.7. The summed E-state index contributed by atoms with van der Waals surface area (Å²) in [5.74, 6) is 0.0363. The van der Waals surface area contributed by atoms with Crippen molar-refractivity contribution in [3.63, 3.8) is 0 Å². The molecule has 1 fully saturated rings. The summed E-state index contributed by atoms with van der Waals surface area (Å²) >= 11 is 0. The Labute approximate surface area is 164 Å². The molecular weight excluding hydrogens is 370 g/mol. The first-order chi connectivity index (χ1) is 12.6. The number of halogens is 1. The number of benzene rings is 1. The highest BCUT2D eigenvalue weighted by atomic mass is 35.5. The standard InChI is InChI=1S/C18H23N5O3.ClH/c1-2-14-3-5-15(6-4-14)17-12-19-8-10-22(17)18(24)7-9-21-13-16(11-20-21)23(25)26;/h3-6,11,13,17,19H,2,7-10,12H2,1H3;1H. The van der Waals surface area contributed by atoms with Crippen molar-refractivity contribution in [2.45, 2.75) is 32.4 Å². The van der Waals surface area contributed by atoms with Gasteiger partial charge < -0.3 is 10.2 Å². The van der Waals surface area contributed by atoms with Gasteiger partial charge in [0.25, 0.3) is 0 Å². The summed E-state index contributed by atoms with van der Waals surface area (Å²) in [6.45, 7) is 4.59. The van der Waals surface area contributed by atoms with Crippen molar-refractivity contribution in [1.29, 1.82) is 0 Å². The van der Waals surface area contributed by atoms with Crippen LogP contribution in [0.2, 0.25) is 0 Å². The molecule has 1 aromatic carbocycles. The van der Waals surface area contributed by atoms with Gasteiger partial charge in [-0.05, 0) is 17.5 Å². The summed E-state index contributed by atoms with van der Waals surface area (Å²) in [6.07, 6.45) is 3.81. The van der Waals surface area contributed by atoms with Gasteiger partial charge in [0, 0.05) is 32.6 Å². The highest BCUT2D eigenvalue weighted by Crippen LogP contribution is 2.24. The predicted octanol–water partition coefficient (Wildman–Crippen LogP) is 2.34. The van der Waals surface area contributed by atoms with Crippen LogP contribution in [-0.4, -0.2) is 45.1 Å². The van der Waals surface area contributed by atoms with Gasteiger partial charge in [-0.25, -0.2) is 0 Å². The van der Waals surface area contributed by atoms with E-state index in [0.717, 1.165) is 25.1 Å². The molecule has 0 spiro atoms. The molecule has 2 aromatic rings. The van der Waals surface area contributed by atoms with E-state index in [1.807, 2.05) is 4.90 Å². The number of hydrogen-bond donors (Lipinski definition) is 1. The Kier molecular flexibility index (Phi) is 7.32. The Morgan fingerprint density at radius 3 is 2.74 bits per heavy atom. The van der Waals surface area contributed by atoms with E-state index in [-0.39, 0.29) is 36.5 Å². The Morgan fingerprint density at radius 2 is 2.11 bits per heavy atom. The van der Waals surface area contributed by atoms with E-state index in [1.165, 1.54) is 22.6 Å². The molecule has 0 aliphatic carbocycles. The molecule has 1 aromatic heterocycles. The van der Waals surface area contributed by atoms with Crippen LogP contribution in [0.1, 0.15) is 30.5 Å². The van der Waals surface area contributed by atoms with Crippen molar-refractivity contribution in [2.24, 2.45) is 0 Å². The van der Waals surface area contributed by atoms with Gasteiger partial charge in [-0.3, -0.25) is 19.6 Å². The molecular formula is C18H24ClN5O3. The fourth-order valence-electron chi connectivity index (χ4n) is 3.20. The van der Waals surface area contributed by atoms with E-state index >= 15 is 0 Å². The Morgan fingerprint density at radius 1 is 1.37 bits per heavy atom. The van der Waals surface area contributed by atoms with E-state index in [4.69, 9.17) is 0 Å². The number of aromatic nitrogens is 2. The van der Waals surface area contributed by atoms with Crippen molar-refractivity contribution in [1.82, 2.24) is 20.0 Å². The number of nitrogens with zero attached hydrogens (tertiary/aromatic N) is 4. The van der Waals surface area contributed by atoms with E-state index in [2.05, 4.69) is 41.6 Å². The van der Waals surface area contributed by atoms with E-state index < -0.39 is 4.92 Å². The number of carbonyl (C=O) groups is 1. The number of piperazine rings is 1. The predicted molar refractivity (Wildman–Crippen MR) is 104 cm³/mol. The highest BCUT2D eigenvalue weighted by Gasteiger charge is 2.27. The molecule has 1 aliphatic heterocycles. The minimum absolute atomic E-state index is 0. The van der Waals surface area contributed by atoms with E-state index in [9.17, 15) is 14.9 Å². The van der Waals surface area contributed by atoms with Crippen LogP contribution < -0.4 is 5.32 Å². The number of carbonyl (C=O) groups excluding carboxylic acids is 1. The molecule has 0 radical (unpaired) electrons. The molecule has 1 atom stereocenters. The number of nitro groups is 1. The molecule has 0 saturated carbocycles. The summed E-state index contributed by atoms with van der Waals surface area (Å²) in [6, 6.07) is 8.40. The number of hydrogen-bond acceptors (Lipinski definition) is 5. The quantitative estimate of drug-likeness (QED) is 0.600. The third kappa shape index (κ3) is 5.05. The maximum Gasteiger partial charge on any atom is 0.306 e. The topological polar surface area (TPSA) is 93.3 Å². The molecule has 2 heterocycles. The maximum absolute atomic E-state index is 12.7. The molecule has 0 bridgehead atoms.